The van der Waals surface area contributed by atoms with Gasteiger partial charge in [-0.15, -0.1) is 11.3 Å². The molecule has 0 N–H and O–H groups in total. The maximum Gasteiger partial charge on any atom is 0.350 e. The van der Waals surface area contributed by atoms with Crippen molar-refractivity contribution in [2.45, 2.75) is 25.6 Å². The third-order valence-electron chi connectivity index (χ3n) is 3.15. The lowest BCUT2D eigenvalue weighted by Crippen LogP contribution is -2.22. The van der Waals surface area contributed by atoms with Crippen molar-refractivity contribution in [3.8, 4) is 0 Å². The summed E-state index contributed by atoms with van der Waals surface area (Å²) < 4.78 is 10.9. The van der Waals surface area contributed by atoms with Crippen molar-refractivity contribution in [3.63, 3.8) is 0 Å². The number of benzene rings is 1. The summed E-state index contributed by atoms with van der Waals surface area (Å²) in [5.41, 5.74) is 0. The van der Waals surface area contributed by atoms with Gasteiger partial charge in [-0.25, -0.2) is 9.59 Å². The van der Waals surface area contributed by atoms with Crippen LogP contribution >= 0.6 is 34.5 Å². The normalized spacial score (nSPS) is 21.6. The summed E-state index contributed by atoms with van der Waals surface area (Å²) in [6, 6.07) is 5.18. The topological polar surface area (TPSA) is 52.6 Å². The Morgan fingerprint density at radius 1 is 1.43 bits per heavy atom. The Hall–Kier alpha value is -1.30. The van der Waals surface area contributed by atoms with Gasteiger partial charge in [0.2, 0.25) is 6.10 Å². The predicted octanol–water partition coefficient (Wildman–Crippen LogP) is 4.07. The number of fused-ring (bicyclic) bond motifs is 1. The summed E-state index contributed by atoms with van der Waals surface area (Å²) in [6.45, 7) is 1.75. The molecule has 2 atom stereocenters. The number of esters is 2. The van der Waals surface area contributed by atoms with Crippen molar-refractivity contribution in [1.82, 2.24) is 0 Å². The van der Waals surface area contributed by atoms with Gasteiger partial charge >= 0.3 is 11.9 Å². The summed E-state index contributed by atoms with van der Waals surface area (Å²) in [7, 11) is 0. The number of hydrogen-bond donors (Lipinski definition) is 0. The number of ether oxygens (including phenoxy) is 2. The summed E-state index contributed by atoms with van der Waals surface area (Å²) >= 11 is 13.3. The predicted molar refractivity (Wildman–Crippen MR) is 81.2 cm³/mol. The van der Waals surface area contributed by atoms with Crippen LogP contribution in [-0.2, 0) is 14.3 Å². The summed E-state index contributed by atoms with van der Waals surface area (Å²) in [4.78, 5) is 24.0. The second-order valence-corrected chi connectivity index (χ2v) is 6.63. The van der Waals surface area contributed by atoms with Crippen LogP contribution in [0.25, 0.3) is 10.1 Å². The number of rotatable bonds is 2. The summed E-state index contributed by atoms with van der Waals surface area (Å²) in [6.07, 6.45) is -0.747. The zero-order chi connectivity index (χ0) is 15.1. The maximum absolute atomic E-state index is 12.2. The molecule has 0 unspecified atom stereocenters. The van der Waals surface area contributed by atoms with Crippen LogP contribution in [0.5, 0.6) is 0 Å². The Labute approximate surface area is 134 Å². The van der Waals surface area contributed by atoms with Crippen LogP contribution in [-0.4, -0.2) is 24.1 Å². The Kier molecular flexibility index (Phi) is 3.82. The number of carbonyl (C=O) groups excluding carboxylic acids is 2. The fourth-order valence-electron chi connectivity index (χ4n) is 2.17. The first kappa shape index (κ1) is 14.6. The van der Waals surface area contributed by atoms with Crippen LogP contribution in [0.1, 0.15) is 23.0 Å². The molecule has 2 heterocycles. The standard InChI is InChI=1S/C14H10Cl2O4S/c1-6-4-9(13(17)19-6)20-14(18)12-11(16)8-3-2-7(15)5-10(8)21-12/h2-3,5-6,9H,4H2,1H3/t6-,9-/m0/s1. The van der Waals surface area contributed by atoms with E-state index in [2.05, 4.69) is 0 Å². The molecule has 4 nitrogen and oxygen atoms in total. The molecule has 0 saturated carbocycles. The molecule has 0 aliphatic carbocycles. The number of halogens is 2. The van der Waals surface area contributed by atoms with Crippen molar-refractivity contribution in [2.75, 3.05) is 0 Å². The monoisotopic (exact) mass is 344 g/mol. The smallest absolute Gasteiger partial charge is 0.350 e. The highest BCUT2D eigenvalue weighted by Gasteiger charge is 2.36. The van der Waals surface area contributed by atoms with Crippen LogP contribution in [0.15, 0.2) is 18.2 Å². The molecule has 1 aromatic carbocycles. The first-order chi connectivity index (χ1) is 9.95. The third-order valence-corrected chi connectivity index (χ3v) is 5.02. The molecule has 21 heavy (non-hydrogen) atoms. The SMILES string of the molecule is C[C@H]1C[C@H](OC(=O)c2sc3cc(Cl)ccc3c2Cl)C(=O)O1. The Morgan fingerprint density at radius 2 is 2.19 bits per heavy atom. The highest BCUT2D eigenvalue weighted by molar-refractivity contribution is 7.21. The second-order valence-electron chi connectivity index (χ2n) is 4.76. The van der Waals surface area contributed by atoms with Crippen LogP contribution in [0.2, 0.25) is 10.0 Å². The van der Waals surface area contributed by atoms with Crippen molar-refractivity contribution >= 4 is 56.6 Å². The number of carbonyl (C=O) groups is 2. The summed E-state index contributed by atoms with van der Waals surface area (Å²) in [5.74, 6) is -1.13. The molecule has 110 valence electrons. The maximum atomic E-state index is 12.2. The molecule has 1 saturated heterocycles. The van der Waals surface area contributed by atoms with Crippen LogP contribution in [0.3, 0.4) is 0 Å². The van der Waals surface area contributed by atoms with E-state index in [1.165, 1.54) is 11.3 Å². The number of hydrogen-bond acceptors (Lipinski definition) is 5. The lowest BCUT2D eigenvalue weighted by molar-refractivity contribution is -0.147. The Morgan fingerprint density at radius 3 is 2.86 bits per heavy atom. The molecule has 0 radical (unpaired) electrons. The quantitative estimate of drug-likeness (QED) is 0.770. The van der Waals surface area contributed by atoms with E-state index >= 15 is 0 Å². The van der Waals surface area contributed by atoms with Crippen molar-refractivity contribution in [3.05, 3.63) is 33.1 Å². The Bertz CT molecular complexity index is 740. The first-order valence-corrected chi connectivity index (χ1v) is 7.82. The van der Waals surface area contributed by atoms with Gasteiger partial charge in [-0.3, -0.25) is 0 Å². The number of thiophene rings is 1. The molecule has 1 fully saturated rings. The van der Waals surface area contributed by atoms with Gasteiger partial charge < -0.3 is 9.47 Å². The zero-order valence-electron chi connectivity index (χ0n) is 10.9. The van der Waals surface area contributed by atoms with E-state index in [4.69, 9.17) is 32.7 Å². The van der Waals surface area contributed by atoms with E-state index in [9.17, 15) is 9.59 Å². The van der Waals surface area contributed by atoms with Gasteiger partial charge in [-0.1, -0.05) is 29.3 Å². The second kappa shape index (κ2) is 5.48. The molecule has 1 aromatic heterocycles. The average molecular weight is 345 g/mol. The van der Waals surface area contributed by atoms with Gasteiger partial charge in [0.05, 0.1) is 5.02 Å². The third kappa shape index (κ3) is 2.73. The average Bonchev–Trinajstić information content (AvgIpc) is 2.90. The molecule has 7 heteroatoms. The van der Waals surface area contributed by atoms with Crippen LogP contribution in [0.4, 0.5) is 0 Å². The van der Waals surface area contributed by atoms with E-state index in [1.807, 2.05) is 0 Å². The molecule has 2 aromatic rings. The van der Waals surface area contributed by atoms with Gasteiger partial charge in [-0.05, 0) is 19.1 Å². The first-order valence-electron chi connectivity index (χ1n) is 6.24. The largest absolute Gasteiger partial charge is 0.460 e. The lowest BCUT2D eigenvalue weighted by atomic mass is 10.2. The summed E-state index contributed by atoms with van der Waals surface area (Å²) in [5, 5.41) is 1.62. The minimum Gasteiger partial charge on any atom is -0.460 e. The van der Waals surface area contributed by atoms with Crippen LogP contribution < -0.4 is 0 Å². The minimum absolute atomic E-state index is 0.244. The van der Waals surface area contributed by atoms with Gasteiger partial charge in [0.25, 0.3) is 0 Å². The van der Waals surface area contributed by atoms with E-state index in [0.29, 0.717) is 16.5 Å². The molecular formula is C14H10Cl2O4S. The fraction of sp³-hybridized carbons (Fsp3) is 0.286. The number of cyclic esters (lactones) is 1. The molecule has 0 bridgehead atoms. The highest BCUT2D eigenvalue weighted by Crippen LogP contribution is 2.37. The van der Waals surface area contributed by atoms with E-state index in [1.54, 1.807) is 25.1 Å². The zero-order valence-corrected chi connectivity index (χ0v) is 13.2. The van der Waals surface area contributed by atoms with E-state index in [0.717, 1.165) is 10.1 Å². The molecular weight excluding hydrogens is 335 g/mol. The van der Waals surface area contributed by atoms with Gasteiger partial charge in [-0.2, -0.15) is 0 Å². The molecule has 1 aliphatic rings. The Balaban J connectivity index is 1.88. The molecule has 1 aliphatic heterocycles. The van der Waals surface area contributed by atoms with Crippen molar-refractivity contribution in [1.29, 1.82) is 0 Å². The molecule has 0 spiro atoms. The molecule has 0 amide bonds. The van der Waals surface area contributed by atoms with Crippen molar-refractivity contribution < 1.29 is 19.1 Å². The van der Waals surface area contributed by atoms with E-state index in [-0.39, 0.29) is 11.0 Å². The van der Waals surface area contributed by atoms with E-state index < -0.39 is 18.0 Å². The van der Waals surface area contributed by atoms with Gasteiger partial charge in [0.1, 0.15) is 11.0 Å². The van der Waals surface area contributed by atoms with Crippen molar-refractivity contribution in [2.24, 2.45) is 0 Å². The molecule has 3 rings (SSSR count). The highest BCUT2D eigenvalue weighted by atomic mass is 35.5. The van der Waals surface area contributed by atoms with Gasteiger partial charge in [0.15, 0.2) is 0 Å². The van der Waals surface area contributed by atoms with Crippen LogP contribution in [0, 0.1) is 0 Å². The van der Waals surface area contributed by atoms with Gasteiger partial charge in [0, 0.05) is 21.5 Å². The minimum atomic E-state index is -0.864. The fourth-order valence-corrected chi connectivity index (χ4v) is 3.84. The lowest BCUT2D eigenvalue weighted by Gasteiger charge is -2.06.